The van der Waals surface area contributed by atoms with Gasteiger partial charge in [-0.1, -0.05) is 0 Å². The van der Waals surface area contributed by atoms with Crippen molar-refractivity contribution in [1.82, 2.24) is 0 Å². The SMILES string of the molecule is Cl.[Ce].[La].[Pt].[Re]. The maximum atomic E-state index is 0. The number of hydrogen-bond acceptors (Lipinski definition) is 0. The fourth-order valence-corrected chi connectivity index (χ4v) is 0. The predicted molar refractivity (Wildman–Crippen MR) is 7.25 cm³/mol. The van der Waals surface area contributed by atoms with Gasteiger partial charge < -0.3 is 0 Å². The van der Waals surface area contributed by atoms with Crippen LogP contribution < -0.4 is 0 Å². The second kappa shape index (κ2) is 24.1. The van der Waals surface area contributed by atoms with Crippen molar-refractivity contribution in [2.24, 2.45) is 0 Å². The summed E-state index contributed by atoms with van der Waals surface area (Å²) in [7, 11) is 0. The molecule has 0 unspecified atom stereocenters. The Morgan fingerprint density at radius 3 is 1.00 bits per heavy atom. The van der Waals surface area contributed by atoms with E-state index >= 15 is 0 Å². The van der Waals surface area contributed by atoms with E-state index in [4.69, 9.17) is 0 Å². The Morgan fingerprint density at radius 2 is 1.00 bits per heavy atom. The van der Waals surface area contributed by atoms with Crippen molar-refractivity contribution in [1.29, 1.82) is 0 Å². The number of rotatable bonds is 0. The Bertz CT molecular complexity index is 11.6. The first-order valence-electron chi connectivity index (χ1n) is 0. The molecule has 0 saturated carbocycles. The van der Waals surface area contributed by atoms with E-state index in [-0.39, 0.29) is 131 Å². The normalized spacial score (nSPS) is 0. The maximum Gasteiger partial charge on any atom is 0 e. The van der Waals surface area contributed by atoms with Crippen LogP contribution in [-0.4, -0.2) is 0 Å². The molecule has 0 aromatic heterocycles. The third-order valence-corrected chi connectivity index (χ3v) is 0. The van der Waals surface area contributed by atoms with Gasteiger partial charge in [-0.05, 0) is 0 Å². The van der Waals surface area contributed by atoms with Gasteiger partial charge in [-0.2, -0.15) is 0 Å². The molecule has 0 fully saturated rings. The largest absolute Gasteiger partial charge is 0.147 e. The van der Waals surface area contributed by atoms with E-state index in [1.54, 1.807) is 0 Å². The molecule has 0 nitrogen and oxygen atoms in total. The van der Waals surface area contributed by atoms with E-state index in [0.29, 0.717) is 0 Å². The van der Waals surface area contributed by atoms with Crippen molar-refractivity contribution in [2.75, 3.05) is 0 Å². The van der Waals surface area contributed by atoms with Gasteiger partial charge in [-0.3, -0.25) is 0 Å². The van der Waals surface area contributed by atoms with Crippen LogP contribution in [0.3, 0.4) is 0 Å². The molecule has 5 heteroatoms. The number of hydrogen-bond donors (Lipinski definition) is 0. The van der Waals surface area contributed by atoms with Crippen LogP contribution in [0.25, 0.3) is 0 Å². The minimum Gasteiger partial charge on any atom is -0.147 e. The molecule has 0 atom stereocenters. The average molecular weight is 697 g/mol. The Labute approximate surface area is 128 Å². The van der Waals surface area contributed by atoms with Crippen molar-refractivity contribution in [3.63, 3.8) is 0 Å². The first-order chi connectivity index (χ1) is 0. The van der Waals surface area contributed by atoms with Gasteiger partial charge in [0, 0.05) is 119 Å². The standard InChI is InChI=1S/Ce.ClH.La.Pt.Re/h;1H;;;. The van der Waals surface area contributed by atoms with Crippen LogP contribution in [0, 0.1) is 77.3 Å². The van der Waals surface area contributed by atoms with Crippen LogP contribution in [0.4, 0.5) is 0 Å². The molecular formula is HCeClLaPtRe. The zero-order valence-electron chi connectivity index (χ0n) is 2.18. The van der Waals surface area contributed by atoms with Gasteiger partial charge in [0.2, 0.25) is 0 Å². The topological polar surface area (TPSA) is 0 Å². The molecule has 0 spiro atoms. The fourth-order valence-electron chi connectivity index (χ4n) is 0. The van der Waals surface area contributed by atoms with Crippen LogP contribution in [0.15, 0.2) is 0 Å². The summed E-state index contributed by atoms with van der Waals surface area (Å²) in [5.41, 5.74) is 0. The minimum absolute atomic E-state index is 0. The van der Waals surface area contributed by atoms with Crippen molar-refractivity contribution in [3.8, 4) is 0 Å². The zero-order valence-corrected chi connectivity index (χ0v) is 14.8. The van der Waals surface area contributed by atoms with E-state index in [9.17, 15) is 0 Å². The summed E-state index contributed by atoms with van der Waals surface area (Å²) >= 11 is 0. The van der Waals surface area contributed by atoms with Crippen LogP contribution >= 0.6 is 12.4 Å². The third kappa shape index (κ3) is 17.9. The predicted octanol–water partition coefficient (Wildman–Crippen LogP) is 0.417. The molecule has 0 aliphatic carbocycles. The van der Waals surface area contributed by atoms with E-state index in [1.807, 2.05) is 0 Å². The van der Waals surface area contributed by atoms with Gasteiger partial charge in [-0.15, -0.1) is 12.4 Å². The van der Waals surface area contributed by atoms with Crippen LogP contribution in [0.5, 0.6) is 0 Å². The Hall–Kier alpha value is 4.21. The first kappa shape index (κ1) is 35.0. The molecule has 0 heterocycles. The fraction of sp³-hybridized carbons (Fsp3) is 0. The van der Waals surface area contributed by atoms with Gasteiger partial charge in [0.15, 0.2) is 0 Å². The summed E-state index contributed by atoms with van der Waals surface area (Å²) in [4.78, 5) is 0. The molecule has 0 N–H and O–H groups in total. The molecule has 0 bridgehead atoms. The monoisotopic (exact) mass is 697 g/mol. The Kier molecular flexibility index (Phi) is 169. The molecule has 0 rings (SSSR count). The number of halogens is 1. The van der Waals surface area contributed by atoms with Crippen molar-refractivity contribution >= 4 is 12.4 Å². The molecule has 5 heavy (non-hydrogen) atoms. The van der Waals surface area contributed by atoms with Gasteiger partial charge >= 0.3 is 0 Å². The van der Waals surface area contributed by atoms with Crippen LogP contribution in [0.2, 0.25) is 0 Å². The Morgan fingerprint density at radius 1 is 1.00 bits per heavy atom. The molecular weight excluding hydrogens is 696 g/mol. The van der Waals surface area contributed by atoms with Gasteiger partial charge in [0.05, 0.1) is 0 Å². The van der Waals surface area contributed by atoms with E-state index in [1.165, 1.54) is 0 Å². The molecule has 0 aliphatic rings. The molecule has 0 amide bonds. The second-order valence-electron chi connectivity index (χ2n) is 0. The smallest absolute Gasteiger partial charge is 0 e. The van der Waals surface area contributed by atoms with Gasteiger partial charge in [-0.25, -0.2) is 0 Å². The maximum absolute atomic E-state index is 0. The van der Waals surface area contributed by atoms with E-state index < -0.39 is 0 Å². The third-order valence-electron chi connectivity index (χ3n) is 0. The molecule has 0 aliphatic heterocycles. The molecule has 0 aromatic carbocycles. The summed E-state index contributed by atoms with van der Waals surface area (Å²) in [5.74, 6) is 0. The summed E-state index contributed by atoms with van der Waals surface area (Å²) < 4.78 is 0. The van der Waals surface area contributed by atoms with Crippen molar-refractivity contribution < 1.29 is 119 Å². The van der Waals surface area contributed by atoms with Gasteiger partial charge in [0.1, 0.15) is 0 Å². The zero-order chi connectivity index (χ0) is 0. The molecule has 0 aromatic rings. The van der Waals surface area contributed by atoms with Crippen molar-refractivity contribution in [2.45, 2.75) is 0 Å². The van der Waals surface area contributed by atoms with Crippen molar-refractivity contribution in [3.05, 3.63) is 0 Å². The van der Waals surface area contributed by atoms with Gasteiger partial charge in [0.25, 0.3) is 0 Å². The summed E-state index contributed by atoms with van der Waals surface area (Å²) in [6, 6.07) is 0. The average Bonchev–Trinajstić information content (AvgIpc) is 0. The first-order valence-corrected chi connectivity index (χ1v) is 0. The Balaban J connectivity index is 0. The molecule has 32 valence electrons. The summed E-state index contributed by atoms with van der Waals surface area (Å²) in [5, 5.41) is 0. The summed E-state index contributed by atoms with van der Waals surface area (Å²) in [6.07, 6.45) is 0. The van der Waals surface area contributed by atoms with E-state index in [0.717, 1.165) is 0 Å². The summed E-state index contributed by atoms with van der Waals surface area (Å²) in [6.45, 7) is 0. The van der Waals surface area contributed by atoms with Crippen LogP contribution in [0.1, 0.15) is 0 Å². The quantitative estimate of drug-likeness (QED) is 0.345. The molecule has 0 saturated heterocycles. The van der Waals surface area contributed by atoms with Crippen LogP contribution in [-0.2, 0) is 41.5 Å². The molecule has 2 radical (unpaired) electrons. The second-order valence-corrected chi connectivity index (χ2v) is 0. The minimum atomic E-state index is 0. The van der Waals surface area contributed by atoms with E-state index in [2.05, 4.69) is 0 Å².